The molecule has 4 nitrogen and oxygen atoms in total. The standard InChI is InChI=1S/C5H9ClN4/c1-10-3(6)2-4(7)9-5(10)8/h2-3H,7H2,1H3,(H2,8,9). The van der Waals surface area contributed by atoms with E-state index < -0.39 is 0 Å². The number of halogens is 1. The molecular formula is C5H9ClN4. The van der Waals surface area contributed by atoms with E-state index in [9.17, 15) is 0 Å². The lowest BCUT2D eigenvalue weighted by Crippen LogP contribution is -2.41. The van der Waals surface area contributed by atoms with Crippen LogP contribution in [0.1, 0.15) is 0 Å². The van der Waals surface area contributed by atoms with Gasteiger partial charge < -0.3 is 16.4 Å². The van der Waals surface area contributed by atoms with Gasteiger partial charge in [0.2, 0.25) is 0 Å². The first-order valence-corrected chi connectivity index (χ1v) is 3.23. The highest BCUT2D eigenvalue weighted by Crippen LogP contribution is 2.10. The summed E-state index contributed by atoms with van der Waals surface area (Å²) in [5.41, 5.74) is 10.5. The fourth-order valence-electron chi connectivity index (χ4n) is 0.627. The Morgan fingerprint density at radius 2 is 2.30 bits per heavy atom. The third-order valence-corrected chi connectivity index (χ3v) is 1.70. The van der Waals surface area contributed by atoms with E-state index in [1.54, 1.807) is 18.0 Å². The lowest BCUT2D eigenvalue weighted by atomic mass is 10.4. The average molecular weight is 161 g/mol. The lowest BCUT2D eigenvalue weighted by molar-refractivity contribution is 0.504. The highest BCUT2D eigenvalue weighted by Gasteiger charge is 2.15. The summed E-state index contributed by atoms with van der Waals surface area (Å²) in [6.45, 7) is 0. The number of hydrogen-bond donors (Lipinski definition) is 2. The molecule has 0 radical (unpaired) electrons. The first kappa shape index (κ1) is 7.21. The van der Waals surface area contributed by atoms with Crippen molar-refractivity contribution in [2.75, 3.05) is 7.05 Å². The van der Waals surface area contributed by atoms with Crippen molar-refractivity contribution in [2.24, 2.45) is 16.5 Å². The summed E-state index contributed by atoms with van der Waals surface area (Å²) in [5.74, 6) is 0.718. The zero-order valence-corrected chi connectivity index (χ0v) is 6.34. The maximum atomic E-state index is 5.77. The molecule has 1 aliphatic rings. The van der Waals surface area contributed by atoms with Gasteiger partial charge in [-0.1, -0.05) is 11.6 Å². The summed E-state index contributed by atoms with van der Waals surface area (Å²) in [6.07, 6.45) is 1.62. The van der Waals surface area contributed by atoms with Crippen LogP contribution in [0.3, 0.4) is 0 Å². The third-order valence-electron chi connectivity index (χ3n) is 1.28. The predicted molar refractivity (Wildman–Crippen MR) is 41.3 cm³/mol. The number of guanidine groups is 1. The van der Waals surface area contributed by atoms with Gasteiger partial charge in [-0.05, 0) is 6.08 Å². The summed E-state index contributed by atoms with van der Waals surface area (Å²) in [7, 11) is 1.75. The van der Waals surface area contributed by atoms with E-state index >= 15 is 0 Å². The van der Waals surface area contributed by atoms with E-state index in [2.05, 4.69) is 4.99 Å². The largest absolute Gasteiger partial charge is 0.384 e. The Morgan fingerprint density at radius 3 is 2.80 bits per heavy atom. The molecule has 0 saturated heterocycles. The van der Waals surface area contributed by atoms with E-state index in [-0.39, 0.29) is 5.50 Å². The Hall–Kier alpha value is -0.900. The molecular weight excluding hydrogens is 152 g/mol. The summed E-state index contributed by atoms with van der Waals surface area (Å²) < 4.78 is 0. The van der Waals surface area contributed by atoms with Crippen LogP contribution in [-0.4, -0.2) is 23.4 Å². The monoisotopic (exact) mass is 160 g/mol. The van der Waals surface area contributed by atoms with Gasteiger partial charge in [-0.2, -0.15) is 4.99 Å². The Labute approximate surface area is 64.1 Å². The normalized spacial score (nSPS) is 25.8. The Morgan fingerprint density at radius 1 is 1.70 bits per heavy atom. The van der Waals surface area contributed by atoms with Gasteiger partial charge in [-0.3, -0.25) is 0 Å². The summed E-state index contributed by atoms with van der Waals surface area (Å²) in [6, 6.07) is 0. The van der Waals surface area contributed by atoms with Crippen molar-refractivity contribution >= 4 is 17.6 Å². The van der Waals surface area contributed by atoms with Gasteiger partial charge in [0.05, 0.1) is 0 Å². The molecule has 0 spiro atoms. The van der Waals surface area contributed by atoms with Crippen LogP contribution >= 0.6 is 11.6 Å². The van der Waals surface area contributed by atoms with Crippen LogP contribution in [0.25, 0.3) is 0 Å². The highest BCUT2D eigenvalue weighted by molar-refractivity contribution is 6.22. The molecule has 56 valence electrons. The number of likely N-dealkylation sites (N-methyl/N-ethyl adjacent to an activating group) is 1. The molecule has 10 heavy (non-hydrogen) atoms. The molecule has 4 N–H and O–H groups in total. The van der Waals surface area contributed by atoms with Crippen LogP contribution in [-0.2, 0) is 0 Å². The molecule has 0 aromatic heterocycles. The molecule has 1 aliphatic heterocycles. The van der Waals surface area contributed by atoms with Crippen LogP contribution in [0, 0.1) is 0 Å². The van der Waals surface area contributed by atoms with E-state index in [0.717, 1.165) is 0 Å². The minimum atomic E-state index is -0.280. The van der Waals surface area contributed by atoms with Crippen LogP contribution in [0.15, 0.2) is 16.9 Å². The molecule has 0 saturated carbocycles. The van der Waals surface area contributed by atoms with Crippen LogP contribution in [0.2, 0.25) is 0 Å². The molecule has 1 atom stereocenters. The molecule has 0 aliphatic carbocycles. The Kier molecular flexibility index (Phi) is 1.72. The average Bonchev–Trinajstić information content (AvgIpc) is 1.82. The van der Waals surface area contributed by atoms with Gasteiger partial charge in [-0.15, -0.1) is 0 Å². The SMILES string of the molecule is CN1C(N)=NC(N)=CC1Cl. The minimum absolute atomic E-state index is 0.280. The van der Waals surface area contributed by atoms with Gasteiger partial charge in [0.1, 0.15) is 11.3 Å². The van der Waals surface area contributed by atoms with Crippen molar-refractivity contribution in [3.05, 3.63) is 11.9 Å². The van der Waals surface area contributed by atoms with Crippen molar-refractivity contribution < 1.29 is 0 Å². The quantitative estimate of drug-likeness (QED) is 0.375. The van der Waals surface area contributed by atoms with Gasteiger partial charge >= 0.3 is 0 Å². The van der Waals surface area contributed by atoms with E-state index in [1.165, 1.54) is 0 Å². The third kappa shape index (κ3) is 1.16. The highest BCUT2D eigenvalue weighted by atomic mass is 35.5. The fraction of sp³-hybridized carbons (Fsp3) is 0.400. The Balaban J connectivity index is 2.85. The molecule has 1 rings (SSSR count). The van der Waals surface area contributed by atoms with Gasteiger partial charge in [-0.25, -0.2) is 0 Å². The topological polar surface area (TPSA) is 67.6 Å². The molecule has 0 aromatic rings. The van der Waals surface area contributed by atoms with Crippen LogP contribution in [0.5, 0.6) is 0 Å². The molecule has 0 fully saturated rings. The first-order chi connectivity index (χ1) is 4.61. The molecule has 0 amide bonds. The lowest BCUT2D eigenvalue weighted by Gasteiger charge is -2.24. The van der Waals surface area contributed by atoms with Gasteiger partial charge in [0, 0.05) is 7.05 Å². The Bertz CT molecular complexity index is 198. The van der Waals surface area contributed by atoms with Crippen LogP contribution < -0.4 is 11.5 Å². The molecule has 1 heterocycles. The molecule has 5 heteroatoms. The van der Waals surface area contributed by atoms with E-state index in [4.69, 9.17) is 23.1 Å². The van der Waals surface area contributed by atoms with Crippen molar-refractivity contribution in [1.29, 1.82) is 0 Å². The van der Waals surface area contributed by atoms with Crippen molar-refractivity contribution in [1.82, 2.24) is 4.90 Å². The van der Waals surface area contributed by atoms with E-state index in [0.29, 0.717) is 11.8 Å². The van der Waals surface area contributed by atoms with Crippen LogP contribution in [0.4, 0.5) is 0 Å². The predicted octanol–water partition coefficient (Wildman–Crippen LogP) is -0.388. The number of nitrogens with two attached hydrogens (primary N) is 2. The molecule has 1 unspecified atom stereocenters. The number of nitrogens with zero attached hydrogens (tertiary/aromatic N) is 2. The molecule has 0 aromatic carbocycles. The van der Waals surface area contributed by atoms with E-state index in [1.807, 2.05) is 0 Å². The van der Waals surface area contributed by atoms with Crippen molar-refractivity contribution in [2.45, 2.75) is 5.50 Å². The maximum absolute atomic E-state index is 5.77. The van der Waals surface area contributed by atoms with Gasteiger partial charge in [0.15, 0.2) is 5.96 Å². The maximum Gasteiger partial charge on any atom is 0.199 e. The first-order valence-electron chi connectivity index (χ1n) is 2.79. The fourth-order valence-corrected chi connectivity index (χ4v) is 0.857. The number of rotatable bonds is 0. The summed E-state index contributed by atoms with van der Waals surface area (Å²) >= 11 is 5.77. The molecule has 0 bridgehead atoms. The number of aliphatic imine (C=N–C) groups is 1. The smallest absolute Gasteiger partial charge is 0.199 e. The van der Waals surface area contributed by atoms with Crippen molar-refractivity contribution in [3.63, 3.8) is 0 Å². The van der Waals surface area contributed by atoms with Crippen molar-refractivity contribution in [3.8, 4) is 0 Å². The zero-order valence-electron chi connectivity index (χ0n) is 5.58. The second kappa shape index (κ2) is 2.38. The minimum Gasteiger partial charge on any atom is -0.384 e. The van der Waals surface area contributed by atoms with Gasteiger partial charge in [0.25, 0.3) is 0 Å². The zero-order chi connectivity index (χ0) is 7.72. The second-order valence-corrected chi connectivity index (χ2v) is 2.49. The summed E-state index contributed by atoms with van der Waals surface area (Å²) in [4.78, 5) is 5.41. The second-order valence-electron chi connectivity index (χ2n) is 2.05. The number of hydrogen-bond acceptors (Lipinski definition) is 4. The number of alkyl halides is 1. The summed E-state index contributed by atoms with van der Waals surface area (Å²) in [5, 5.41) is 0.